The van der Waals surface area contributed by atoms with E-state index in [4.69, 9.17) is 9.47 Å². The number of carbonyl (C=O) groups excluding carboxylic acids is 1. The number of anilines is 2. The summed E-state index contributed by atoms with van der Waals surface area (Å²) in [5.41, 5.74) is 3.75. The highest BCUT2D eigenvalue weighted by molar-refractivity contribution is 7.99. The molecule has 1 heterocycles. The first-order valence-corrected chi connectivity index (χ1v) is 16.4. The van der Waals surface area contributed by atoms with Crippen molar-refractivity contribution in [3.63, 3.8) is 0 Å². The number of aliphatic hydroxyl groups is 1. The van der Waals surface area contributed by atoms with E-state index in [-0.39, 0.29) is 35.5 Å². The van der Waals surface area contributed by atoms with Crippen LogP contribution in [0.25, 0.3) is 0 Å². The van der Waals surface area contributed by atoms with Gasteiger partial charge < -0.3 is 19.9 Å². The van der Waals surface area contributed by atoms with Crippen molar-refractivity contribution in [2.75, 3.05) is 15.8 Å². The summed E-state index contributed by atoms with van der Waals surface area (Å²) in [5.74, 6) is 0.565. The predicted octanol–water partition coefficient (Wildman–Crippen LogP) is 6.52. The van der Waals surface area contributed by atoms with Gasteiger partial charge in [-0.05, 0) is 59.7 Å². The number of benzene rings is 4. The molecule has 0 saturated carbocycles. The Bertz CT molecular complexity index is 1610. The topological polar surface area (TPSA) is 114 Å². The second-order valence-electron chi connectivity index (χ2n) is 10.4. The Balaban J connectivity index is 1.34. The fourth-order valence-corrected chi connectivity index (χ4v) is 7.00. The van der Waals surface area contributed by atoms with Crippen molar-refractivity contribution in [1.82, 2.24) is 0 Å². The van der Waals surface area contributed by atoms with E-state index in [0.717, 1.165) is 27.3 Å². The summed E-state index contributed by atoms with van der Waals surface area (Å²) in [6.07, 6.45) is -1.11. The van der Waals surface area contributed by atoms with Crippen LogP contribution in [0.4, 0.5) is 11.4 Å². The monoisotopic (exact) mass is 618 g/mol. The number of rotatable bonds is 10. The Hall–Kier alpha value is -3.67. The molecule has 0 aliphatic carbocycles. The molecule has 0 bridgehead atoms. The minimum absolute atomic E-state index is 0.0133. The summed E-state index contributed by atoms with van der Waals surface area (Å²) in [4.78, 5) is 12.6. The van der Waals surface area contributed by atoms with Crippen molar-refractivity contribution >= 4 is 39.1 Å². The van der Waals surface area contributed by atoms with E-state index in [1.807, 2.05) is 48.5 Å². The van der Waals surface area contributed by atoms with E-state index in [1.165, 1.54) is 6.92 Å². The third kappa shape index (κ3) is 7.84. The summed E-state index contributed by atoms with van der Waals surface area (Å²) in [6, 6.07) is 30.7. The number of amides is 1. The number of ether oxygens (including phenoxy) is 2. The maximum atomic E-state index is 12.8. The smallest absolute Gasteiger partial charge is 0.261 e. The predicted molar refractivity (Wildman–Crippen MR) is 168 cm³/mol. The largest absolute Gasteiger partial charge is 0.392 e. The molecule has 0 spiro atoms. The van der Waals surface area contributed by atoms with Crippen molar-refractivity contribution < 1.29 is 27.8 Å². The van der Waals surface area contributed by atoms with Gasteiger partial charge in [-0.2, -0.15) is 0 Å². The van der Waals surface area contributed by atoms with Gasteiger partial charge in [-0.1, -0.05) is 61.5 Å². The van der Waals surface area contributed by atoms with E-state index in [2.05, 4.69) is 17.0 Å². The lowest BCUT2D eigenvalue weighted by Crippen LogP contribution is -2.38. The van der Waals surface area contributed by atoms with Crippen LogP contribution in [0.2, 0.25) is 0 Å². The highest BCUT2D eigenvalue weighted by Crippen LogP contribution is 2.43. The van der Waals surface area contributed by atoms with Gasteiger partial charge in [0.1, 0.15) is 0 Å². The van der Waals surface area contributed by atoms with Crippen LogP contribution in [-0.4, -0.2) is 31.3 Å². The first kappa shape index (κ1) is 30.8. The van der Waals surface area contributed by atoms with Gasteiger partial charge in [0, 0.05) is 40.4 Å². The van der Waals surface area contributed by atoms with Gasteiger partial charge in [0.15, 0.2) is 6.29 Å². The fraction of sp³-hybridized carbons (Fsp3) is 0.242. The highest BCUT2D eigenvalue weighted by atomic mass is 32.2. The number of hydrogen-bond acceptors (Lipinski definition) is 7. The lowest BCUT2D eigenvalue weighted by atomic mass is 9.91. The molecule has 5 rings (SSSR count). The van der Waals surface area contributed by atoms with Gasteiger partial charge in [0.2, 0.25) is 5.91 Å². The normalized spacial score (nSPS) is 20.3. The van der Waals surface area contributed by atoms with E-state index < -0.39 is 16.3 Å². The Kier molecular flexibility index (Phi) is 9.84. The van der Waals surface area contributed by atoms with E-state index in [9.17, 15) is 18.3 Å². The molecule has 1 saturated heterocycles. The second-order valence-corrected chi connectivity index (χ2v) is 13.2. The first-order valence-electron chi connectivity index (χ1n) is 13.9. The second kappa shape index (κ2) is 13.7. The summed E-state index contributed by atoms with van der Waals surface area (Å²) >= 11 is 1.66. The van der Waals surface area contributed by atoms with Gasteiger partial charge in [-0.3, -0.25) is 9.52 Å². The lowest BCUT2D eigenvalue weighted by Gasteiger charge is -2.41. The standard InChI is InChI=1S/C33H34N2O6S2/c1-22-31(21-42-29-18-16-27(17-19-29)34-23(2)37)40-33(41-32(22)25-10-8-24(20-36)9-11-25)26-12-14-28(15-13-26)35-43(38,39)30-6-4-3-5-7-30/h3-19,22,31-33,35-36H,20-21H2,1-2H3,(H,34,37)/t22-,31+,32+,33+/m0/s1. The molecule has 1 fully saturated rings. The van der Waals surface area contributed by atoms with Crippen LogP contribution >= 0.6 is 11.8 Å². The third-order valence-electron chi connectivity index (χ3n) is 7.20. The number of carbonyl (C=O) groups is 1. The van der Waals surface area contributed by atoms with Gasteiger partial charge >= 0.3 is 0 Å². The SMILES string of the molecule is CC(=O)Nc1ccc(SC[C@H]2O[C@@H](c3ccc(NS(=O)(=O)c4ccccc4)cc3)O[C@@H](c3ccc(CO)cc3)[C@H]2C)cc1. The van der Waals surface area contributed by atoms with E-state index in [1.54, 1.807) is 66.4 Å². The Morgan fingerprint density at radius 2 is 1.47 bits per heavy atom. The maximum Gasteiger partial charge on any atom is 0.261 e. The number of thioether (sulfide) groups is 1. The van der Waals surface area contributed by atoms with Crippen molar-refractivity contribution in [3.05, 3.63) is 120 Å². The molecule has 4 aromatic carbocycles. The molecule has 224 valence electrons. The molecule has 10 heteroatoms. The molecular formula is C33H34N2O6S2. The average molecular weight is 619 g/mol. The van der Waals surface area contributed by atoms with E-state index >= 15 is 0 Å². The fourth-order valence-electron chi connectivity index (χ4n) is 4.85. The van der Waals surface area contributed by atoms with Gasteiger partial charge in [0.25, 0.3) is 10.0 Å². The molecule has 43 heavy (non-hydrogen) atoms. The molecular weight excluding hydrogens is 585 g/mol. The van der Waals surface area contributed by atoms with Crippen LogP contribution in [0.1, 0.15) is 42.9 Å². The van der Waals surface area contributed by atoms with Crippen LogP contribution < -0.4 is 10.0 Å². The molecule has 0 aromatic heterocycles. The Labute approximate surface area is 256 Å². The molecule has 1 amide bonds. The van der Waals surface area contributed by atoms with E-state index in [0.29, 0.717) is 11.4 Å². The molecule has 8 nitrogen and oxygen atoms in total. The molecule has 4 aromatic rings. The molecule has 0 radical (unpaired) electrons. The lowest BCUT2D eigenvalue weighted by molar-refractivity contribution is -0.268. The summed E-state index contributed by atoms with van der Waals surface area (Å²) < 4.78 is 41.2. The highest BCUT2D eigenvalue weighted by Gasteiger charge is 2.38. The number of sulfonamides is 1. The van der Waals surface area contributed by atoms with Crippen LogP contribution in [0.15, 0.2) is 113 Å². The first-order chi connectivity index (χ1) is 20.7. The number of nitrogens with one attached hydrogen (secondary N) is 2. The minimum Gasteiger partial charge on any atom is -0.392 e. The van der Waals surface area contributed by atoms with Crippen LogP contribution in [0, 0.1) is 5.92 Å². The van der Waals surface area contributed by atoms with Gasteiger partial charge in [-0.25, -0.2) is 8.42 Å². The molecule has 1 aliphatic heterocycles. The van der Waals surface area contributed by atoms with Gasteiger partial charge in [-0.15, -0.1) is 11.8 Å². The quantitative estimate of drug-likeness (QED) is 0.173. The van der Waals surface area contributed by atoms with Crippen molar-refractivity contribution in [2.24, 2.45) is 5.92 Å². The Morgan fingerprint density at radius 1 is 0.837 bits per heavy atom. The van der Waals surface area contributed by atoms with Crippen molar-refractivity contribution in [3.8, 4) is 0 Å². The molecule has 1 aliphatic rings. The number of hydrogen-bond donors (Lipinski definition) is 3. The molecule has 0 unspecified atom stereocenters. The van der Waals surface area contributed by atoms with Gasteiger partial charge in [0.05, 0.1) is 23.7 Å². The summed E-state index contributed by atoms with van der Waals surface area (Å²) in [5, 5.41) is 12.3. The minimum atomic E-state index is -3.71. The number of aliphatic hydroxyl groups excluding tert-OH is 1. The van der Waals surface area contributed by atoms with Crippen LogP contribution in [-0.2, 0) is 30.9 Å². The maximum absolute atomic E-state index is 12.8. The summed E-state index contributed by atoms with van der Waals surface area (Å²) in [6.45, 7) is 3.55. The zero-order valence-electron chi connectivity index (χ0n) is 23.8. The third-order valence-corrected chi connectivity index (χ3v) is 9.70. The average Bonchev–Trinajstić information content (AvgIpc) is 3.02. The van der Waals surface area contributed by atoms with Crippen LogP contribution in [0.3, 0.4) is 0 Å². The summed E-state index contributed by atoms with van der Waals surface area (Å²) in [7, 11) is -3.71. The zero-order chi connectivity index (χ0) is 30.4. The molecule has 4 atom stereocenters. The van der Waals surface area contributed by atoms with Crippen molar-refractivity contribution in [1.29, 1.82) is 0 Å². The Morgan fingerprint density at radius 3 is 2.09 bits per heavy atom. The van der Waals surface area contributed by atoms with Crippen LogP contribution in [0.5, 0.6) is 0 Å². The molecule has 3 N–H and O–H groups in total. The van der Waals surface area contributed by atoms with Crippen molar-refractivity contribution in [2.45, 2.75) is 48.7 Å². The zero-order valence-corrected chi connectivity index (χ0v) is 25.5.